The lowest BCUT2D eigenvalue weighted by Crippen LogP contribution is -2.48. The molecular weight excluding hydrogens is 292 g/mol. The summed E-state index contributed by atoms with van der Waals surface area (Å²) in [5.74, 6) is -1.63. The highest BCUT2D eigenvalue weighted by Crippen LogP contribution is 2.64. The minimum absolute atomic E-state index is 0.331. The zero-order valence-corrected chi connectivity index (χ0v) is 12.1. The summed E-state index contributed by atoms with van der Waals surface area (Å²) in [5, 5.41) is 9.92. The predicted octanol–water partition coefficient (Wildman–Crippen LogP) is 0.242. The first-order valence-electron chi connectivity index (χ1n) is 7.20. The molecule has 7 heteroatoms. The Balaban J connectivity index is 1.79. The summed E-state index contributed by atoms with van der Waals surface area (Å²) in [5.41, 5.74) is -0.345. The summed E-state index contributed by atoms with van der Waals surface area (Å²) in [4.78, 5) is 24.2. The van der Waals surface area contributed by atoms with E-state index < -0.39 is 41.8 Å². The number of carbonyl (C=O) groups excluding carboxylic acids is 2. The van der Waals surface area contributed by atoms with Crippen LogP contribution in [0.15, 0.2) is 23.7 Å². The Labute approximate surface area is 126 Å². The quantitative estimate of drug-likeness (QED) is 0.731. The number of rotatable bonds is 2. The van der Waals surface area contributed by atoms with Gasteiger partial charge in [-0.15, -0.1) is 0 Å². The summed E-state index contributed by atoms with van der Waals surface area (Å²) in [6, 6.07) is 0. The van der Waals surface area contributed by atoms with E-state index >= 15 is 0 Å². The predicted molar refractivity (Wildman–Crippen MR) is 69.7 cm³/mol. The molecule has 1 aliphatic carbocycles. The molecular formula is C15H16O7. The number of aliphatic hydroxyl groups excluding tert-OH is 1. The summed E-state index contributed by atoms with van der Waals surface area (Å²) < 4.78 is 21.6. The maximum absolute atomic E-state index is 12.1. The Morgan fingerprint density at radius 2 is 2.32 bits per heavy atom. The maximum atomic E-state index is 12.1. The molecule has 118 valence electrons. The lowest BCUT2D eigenvalue weighted by atomic mass is 9.68. The molecule has 7 nitrogen and oxygen atoms in total. The molecule has 22 heavy (non-hydrogen) atoms. The van der Waals surface area contributed by atoms with E-state index in [-0.39, 0.29) is 5.92 Å². The van der Waals surface area contributed by atoms with Gasteiger partial charge >= 0.3 is 11.9 Å². The van der Waals surface area contributed by atoms with E-state index in [1.54, 1.807) is 6.08 Å². The summed E-state index contributed by atoms with van der Waals surface area (Å²) in [7, 11) is 1.31. The number of hydrogen-bond donors (Lipinski definition) is 1. The van der Waals surface area contributed by atoms with Crippen molar-refractivity contribution in [3.05, 3.63) is 23.7 Å². The van der Waals surface area contributed by atoms with E-state index in [0.717, 1.165) is 0 Å². The molecule has 6 atom stereocenters. The number of esters is 2. The van der Waals surface area contributed by atoms with Crippen molar-refractivity contribution in [1.29, 1.82) is 0 Å². The molecule has 2 saturated heterocycles. The van der Waals surface area contributed by atoms with Crippen molar-refractivity contribution in [2.75, 3.05) is 7.11 Å². The molecule has 0 bridgehead atoms. The van der Waals surface area contributed by atoms with E-state index in [2.05, 4.69) is 0 Å². The van der Waals surface area contributed by atoms with Crippen molar-refractivity contribution in [3.63, 3.8) is 0 Å². The smallest absolute Gasteiger partial charge is 0.337 e. The van der Waals surface area contributed by atoms with E-state index in [4.69, 9.17) is 18.9 Å². The Hall–Kier alpha value is -1.86. The summed E-state index contributed by atoms with van der Waals surface area (Å²) in [6.07, 6.45) is 1.47. The third kappa shape index (κ3) is 1.43. The Kier molecular flexibility index (Phi) is 2.71. The van der Waals surface area contributed by atoms with Gasteiger partial charge < -0.3 is 24.1 Å². The van der Waals surface area contributed by atoms with Gasteiger partial charge in [0.1, 0.15) is 11.7 Å². The summed E-state index contributed by atoms with van der Waals surface area (Å²) >= 11 is 0. The molecule has 0 radical (unpaired) electrons. The number of aliphatic hydroxyl groups is 1. The SMILES string of the molecule is COC(=O)C1=COC2OC3C(C(C)O)C(=O)OC4=CCC12C43. The van der Waals surface area contributed by atoms with Crippen LogP contribution in [0, 0.1) is 17.3 Å². The molecule has 4 rings (SSSR count). The normalized spacial score (nSPS) is 42.6. The molecule has 4 aliphatic rings. The topological polar surface area (TPSA) is 91.3 Å². The molecule has 0 aromatic heterocycles. The number of hydrogen-bond acceptors (Lipinski definition) is 7. The maximum Gasteiger partial charge on any atom is 0.337 e. The van der Waals surface area contributed by atoms with Gasteiger partial charge in [0, 0.05) is 0 Å². The Morgan fingerprint density at radius 1 is 1.55 bits per heavy atom. The number of allylic oxidation sites excluding steroid dienone is 1. The standard InChI is InChI=1S/C15H16O7/c1-6(16)9-11-10-8(21-13(9)18)3-4-15(10)7(12(17)19-2)5-20-14(15)22-11/h3,5-6,9-11,14,16H,4H2,1-2H3. The van der Waals surface area contributed by atoms with Crippen molar-refractivity contribution >= 4 is 11.9 Å². The van der Waals surface area contributed by atoms with E-state index in [9.17, 15) is 14.7 Å². The lowest BCUT2D eigenvalue weighted by Gasteiger charge is -2.36. The average Bonchev–Trinajstić information content (AvgIpc) is 3.09. The van der Waals surface area contributed by atoms with Gasteiger partial charge in [-0.2, -0.15) is 0 Å². The van der Waals surface area contributed by atoms with Crippen molar-refractivity contribution < 1.29 is 33.6 Å². The fourth-order valence-electron chi connectivity index (χ4n) is 4.15. The molecule has 0 amide bonds. The van der Waals surface area contributed by atoms with Crippen molar-refractivity contribution in [2.24, 2.45) is 17.3 Å². The van der Waals surface area contributed by atoms with Crippen molar-refractivity contribution in [1.82, 2.24) is 0 Å². The van der Waals surface area contributed by atoms with Gasteiger partial charge in [0.2, 0.25) is 6.29 Å². The number of methoxy groups -OCH3 is 1. The van der Waals surface area contributed by atoms with Crippen LogP contribution < -0.4 is 0 Å². The van der Waals surface area contributed by atoms with Crippen LogP contribution in [-0.4, -0.2) is 42.7 Å². The molecule has 0 aromatic carbocycles. The van der Waals surface area contributed by atoms with Crippen LogP contribution in [0.25, 0.3) is 0 Å². The first-order valence-corrected chi connectivity index (χ1v) is 7.20. The fourth-order valence-corrected chi connectivity index (χ4v) is 4.15. The van der Waals surface area contributed by atoms with Crippen LogP contribution >= 0.6 is 0 Å². The summed E-state index contributed by atoms with van der Waals surface area (Å²) in [6.45, 7) is 1.53. The number of carbonyl (C=O) groups is 2. The first kappa shape index (κ1) is 13.8. The van der Waals surface area contributed by atoms with E-state index in [1.165, 1.54) is 20.3 Å². The van der Waals surface area contributed by atoms with Crippen LogP contribution in [0.5, 0.6) is 0 Å². The number of ether oxygens (including phenoxy) is 4. The minimum Gasteiger partial charge on any atom is -0.471 e. The second kappa shape index (κ2) is 4.33. The fraction of sp³-hybridized carbons (Fsp3) is 0.600. The molecule has 6 unspecified atom stereocenters. The zero-order valence-electron chi connectivity index (χ0n) is 12.1. The highest BCUT2D eigenvalue weighted by Gasteiger charge is 2.71. The Morgan fingerprint density at radius 3 is 3.00 bits per heavy atom. The molecule has 2 fully saturated rings. The van der Waals surface area contributed by atoms with Crippen LogP contribution in [0.1, 0.15) is 13.3 Å². The second-order valence-electron chi connectivity index (χ2n) is 6.11. The second-order valence-corrected chi connectivity index (χ2v) is 6.11. The highest BCUT2D eigenvalue weighted by molar-refractivity contribution is 5.91. The molecule has 3 heterocycles. The zero-order chi connectivity index (χ0) is 15.6. The Bertz CT molecular complexity index is 619. The van der Waals surface area contributed by atoms with Gasteiger partial charge in [-0.25, -0.2) is 4.79 Å². The lowest BCUT2D eigenvalue weighted by molar-refractivity contribution is -0.174. The van der Waals surface area contributed by atoms with Gasteiger partial charge in [-0.3, -0.25) is 4.79 Å². The molecule has 1 N–H and O–H groups in total. The monoisotopic (exact) mass is 308 g/mol. The van der Waals surface area contributed by atoms with Gasteiger partial charge in [-0.05, 0) is 19.4 Å². The largest absolute Gasteiger partial charge is 0.471 e. The van der Waals surface area contributed by atoms with Crippen LogP contribution in [0.3, 0.4) is 0 Å². The van der Waals surface area contributed by atoms with Gasteiger partial charge in [0.05, 0.1) is 42.5 Å². The third-order valence-electron chi connectivity index (χ3n) is 5.11. The first-order chi connectivity index (χ1) is 10.5. The minimum atomic E-state index is -0.916. The molecule has 1 spiro atoms. The third-order valence-corrected chi connectivity index (χ3v) is 5.11. The van der Waals surface area contributed by atoms with Gasteiger partial charge in [0.15, 0.2) is 0 Å². The molecule has 3 aliphatic heterocycles. The van der Waals surface area contributed by atoms with E-state index in [0.29, 0.717) is 17.8 Å². The molecule has 0 aromatic rings. The van der Waals surface area contributed by atoms with Crippen LogP contribution in [-0.2, 0) is 28.5 Å². The molecule has 0 saturated carbocycles. The van der Waals surface area contributed by atoms with Gasteiger partial charge in [-0.1, -0.05) is 0 Å². The van der Waals surface area contributed by atoms with Crippen molar-refractivity contribution in [2.45, 2.75) is 31.8 Å². The van der Waals surface area contributed by atoms with E-state index in [1.807, 2.05) is 0 Å². The van der Waals surface area contributed by atoms with Gasteiger partial charge in [0.25, 0.3) is 0 Å². The van der Waals surface area contributed by atoms with Crippen LogP contribution in [0.2, 0.25) is 0 Å². The average molecular weight is 308 g/mol. The highest BCUT2D eigenvalue weighted by atomic mass is 16.7. The van der Waals surface area contributed by atoms with Crippen LogP contribution in [0.4, 0.5) is 0 Å². The van der Waals surface area contributed by atoms with Crippen molar-refractivity contribution in [3.8, 4) is 0 Å².